The van der Waals surface area contributed by atoms with Gasteiger partial charge in [0.15, 0.2) is 5.82 Å². The highest BCUT2D eigenvalue weighted by atomic mass is 19.4. The van der Waals surface area contributed by atoms with Crippen molar-refractivity contribution in [3.8, 4) is 0 Å². The van der Waals surface area contributed by atoms with Crippen molar-refractivity contribution in [3.05, 3.63) is 59.1 Å². The number of rotatable bonds is 6. The number of aromatic nitrogens is 4. The molecule has 156 valence electrons. The molecule has 0 saturated carbocycles. The van der Waals surface area contributed by atoms with E-state index in [-0.39, 0.29) is 32.2 Å². The number of aliphatic hydroxyl groups excluding tert-OH is 1. The van der Waals surface area contributed by atoms with E-state index >= 15 is 0 Å². The average molecular weight is 411 g/mol. The maximum atomic E-state index is 13.7. The standard InChI is InChI=1S/C19H21F4N5O/c1-12(27-10-17(20)8-18(27)11-29)3-4-14-5-6-16(19(21,22)23)7-15(14)9-28-25-13(2)24-26-28/h3-7,17-18,29H,1,8-11H2,2H3/b4-3+/t17-,18-/m0/s1. The first-order chi connectivity index (χ1) is 13.7. The van der Waals surface area contributed by atoms with Crippen molar-refractivity contribution in [3.63, 3.8) is 0 Å². The van der Waals surface area contributed by atoms with Gasteiger partial charge in [-0.25, -0.2) is 4.39 Å². The molecule has 0 bridgehead atoms. The molecular formula is C19H21F4N5O. The summed E-state index contributed by atoms with van der Waals surface area (Å²) in [5.41, 5.74) is 0.570. The molecule has 1 aliphatic rings. The van der Waals surface area contributed by atoms with Crippen LogP contribution in [-0.4, -0.2) is 55.6 Å². The molecule has 2 atom stereocenters. The number of alkyl halides is 4. The summed E-state index contributed by atoms with van der Waals surface area (Å²) in [6.45, 7) is 5.46. The highest BCUT2D eigenvalue weighted by molar-refractivity contribution is 5.57. The molecule has 1 aromatic heterocycles. The fourth-order valence-electron chi connectivity index (χ4n) is 3.29. The van der Waals surface area contributed by atoms with Crippen LogP contribution >= 0.6 is 0 Å². The zero-order valence-electron chi connectivity index (χ0n) is 15.8. The largest absolute Gasteiger partial charge is 0.416 e. The summed E-state index contributed by atoms with van der Waals surface area (Å²) in [6.07, 6.45) is -2.10. The van der Waals surface area contributed by atoms with E-state index in [1.165, 1.54) is 10.9 Å². The Hall–Kier alpha value is -2.75. The minimum absolute atomic E-state index is 0.00639. The van der Waals surface area contributed by atoms with E-state index in [0.29, 0.717) is 22.6 Å². The fraction of sp³-hybridized carbons (Fsp3) is 0.421. The Morgan fingerprint density at radius 3 is 2.76 bits per heavy atom. The quantitative estimate of drug-likeness (QED) is 0.585. The smallest absolute Gasteiger partial charge is 0.394 e. The van der Waals surface area contributed by atoms with Crippen LogP contribution in [-0.2, 0) is 12.7 Å². The molecule has 1 fully saturated rings. The summed E-state index contributed by atoms with van der Waals surface area (Å²) in [6, 6.07) is 3.04. The van der Waals surface area contributed by atoms with Crippen LogP contribution in [0, 0.1) is 6.92 Å². The number of halogens is 4. The third-order valence-corrected chi connectivity index (χ3v) is 4.73. The normalized spacial score (nSPS) is 20.0. The lowest BCUT2D eigenvalue weighted by atomic mass is 10.0. The maximum absolute atomic E-state index is 13.7. The predicted molar refractivity (Wildman–Crippen MR) is 98.4 cm³/mol. The topological polar surface area (TPSA) is 67.1 Å². The summed E-state index contributed by atoms with van der Waals surface area (Å²) in [5.74, 6) is 0.410. The molecule has 10 heteroatoms. The molecule has 0 amide bonds. The predicted octanol–water partition coefficient (Wildman–Crippen LogP) is 2.98. The van der Waals surface area contributed by atoms with Gasteiger partial charge in [0, 0.05) is 18.7 Å². The van der Waals surface area contributed by atoms with Crippen molar-refractivity contribution in [2.24, 2.45) is 0 Å². The molecule has 0 radical (unpaired) electrons. The van der Waals surface area contributed by atoms with Crippen LogP contribution in [0.1, 0.15) is 28.9 Å². The molecule has 0 unspecified atom stereocenters. The van der Waals surface area contributed by atoms with Gasteiger partial charge in [0.1, 0.15) is 6.17 Å². The first-order valence-electron chi connectivity index (χ1n) is 9.00. The molecular weight excluding hydrogens is 390 g/mol. The minimum atomic E-state index is -4.48. The van der Waals surface area contributed by atoms with Gasteiger partial charge in [-0.15, -0.1) is 10.2 Å². The van der Waals surface area contributed by atoms with Gasteiger partial charge in [-0.2, -0.15) is 18.0 Å². The van der Waals surface area contributed by atoms with Crippen LogP contribution in [0.2, 0.25) is 0 Å². The number of benzene rings is 1. The number of nitrogens with zero attached hydrogens (tertiary/aromatic N) is 5. The Morgan fingerprint density at radius 2 is 2.14 bits per heavy atom. The molecule has 6 nitrogen and oxygen atoms in total. The van der Waals surface area contributed by atoms with E-state index in [1.807, 2.05) is 0 Å². The van der Waals surface area contributed by atoms with Gasteiger partial charge in [-0.05, 0) is 41.5 Å². The molecule has 2 heterocycles. The van der Waals surface area contributed by atoms with Crippen molar-refractivity contribution >= 4 is 6.08 Å². The summed E-state index contributed by atoms with van der Waals surface area (Å²) >= 11 is 0. The third-order valence-electron chi connectivity index (χ3n) is 4.73. The molecule has 0 aliphatic carbocycles. The fourth-order valence-corrected chi connectivity index (χ4v) is 3.29. The van der Waals surface area contributed by atoms with E-state index in [2.05, 4.69) is 22.0 Å². The van der Waals surface area contributed by atoms with E-state index < -0.39 is 17.9 Å². The minimum Gasteiger partial charge on any atom is -0.394 e. The second-order valence-corrected chi connectivity index (χ2v) is 6.92. The first-order valence-corrected chi connectivity index (χ1v) is 9.00. The van der Waals surface area contributed by atoms with E-state index in [9.17, 15) is 22.7 Å². The molecule has 1 aliphatic heterocycles. The highest BCUT2D eigenvalue weighted by Gasteiger charge is 2.32. The zero-order chi connectivity index (χ0) is 21.2. The molecule has 2 aromatic rings. The molecule has 1 aromatic carbocycles. The van der Waals surface area contributed by atoms with Gasteiger partial charge in [0.25, 0.3) is 0 Å². The van der Waals surface area contributed by atoms with Crippen molar-refractivity contribution in [2.75, 3.05) is 13.2 Å². The Kier molecular flexibility index (Phi) is 6.02. The third kappa shape index (κ3) is 5.00. The van der Waals surface area contributed by atoms with Crippen molar-refractivity contribution in [2.45, 2.75) is 38.3 Å². The van der Waals surface area contributed by atoms with Crippen LogP contribution in [0.5, 0.6) is 0 Å². The Labute approximate surface area is 165 Å². The van der Waals surface area contributed by atoms with Crippen LogP contribution in [0.25, 0.3) is 6.08 Å². The van der Waals surface area contributed by atoms with E-state index in [0.717, 1.165) is 12.1 Å². The summed E-state index contributed by atoms with van der Waals surface area (Å²) < 4.78 is 53.0. The summed E-state index contributed by atoms with van der Waals surface area (Å²) in [4.78, 5) is 2.88. The Bertz CT molecular complexity index is 908. The monoisotopic (exact) mass is 411 g/mol. The van der Waals surface area contributed by atoms with Crippen molar-refractivity contribution < 1.29 is 22.7 Å². The molecule has 3 rings (SSSR count). The van der Waals surface area contributed by atoms with Gasteiger partial charge < -0.3 is 10.0 Å². The maximum Gasteiger partial charge on any atom is 0.416 e. The Balaban J connectivity index is 1.87. The number of allylic oxidation sites excluding steroid dienone is 1. The highest BCUT2D eigenvalue weighted by Crippen LogP contribution is 2.31. The van der Waals surface area contributed by atoms with E-state index in [1.54, 1.807) is 24.0 Å². The SMILES string of the molecule is C=C(/C=C/c1ccc(C(F)(F)F)cc1Cn1nnc(C)n1)N1C[C@@H](F)C[C@H]1CO. The van der Waals surface area contributed by atoms with Crippen LogP contribution < -0.4 is 0 Å². The first kappa shape index (κ1) is 21.0. The lowest BCUT2D eigenvalue weighted by molar-refractivity contribution is -0.137. The van der Waals surface area contributed by atoms with Crippen molar-refractivity contribution in [1.82, 2.24) is 25.1 Å². The zero-order valence-corrected chi connectivity index (χ0v) is 15.8. The molecule has 0 spiro atoms. The second-order valence-electron chi connectivity index (χ2n) is 6.92. The number of aliphatic hydroxyl groups is 1. The Morgan fingerprint density at radius 1 is 1.38 bits per heavy atom. The second kappa shape index (κ2) is 8.32. The summed E-state index contributed by atoms with van der Waals surface area (Å²) in [7, 11) is 0. The number of likely N-dealkylation sites (tertiary alicyclic amines) is 1. The number of hydrogen-bond donors (Lipinski definition) is 1. The number of tetrazole rings is 1. The van der Waals surface area contributed by atoms with Crippen LogP contribution in [0.3, 0.4) is 0 Å². The lowest BCUT2D eigenvalue weighted by Crippen LogP contribution is -2.30. The van der Waals surface area contributed by atoms with Gasteiger partial charge >= 0.3 is 6.18 Å². The number of hydrogen-bond acceptors (Lipinski definition) is 5. The van der Waals surface area contributed by atoms with Gasteiger partial charge in [-0.1, -0.05) is 18.7 Å². The molecule has 1 saturated heterocycles. The van der Waals surface area contributed by atoms with E-state index in [4.69, 9.17) is 0 Å². The average Bonchev–Trinajstić information content (AvgIpc) is 3.24. The number of aryl methyl sites for hydroxylation is 1. The van der Waals surface area contributed by atoms with Crippen LogP contribution in [0.4, 0.5) is 17.6 Å². The molecule has 29 heavy (non-hydrogen) atoms. The van der Waals surface area contributed by atoms with Gasteiger partial charge in [0.05, 0.1) is 24.8 Å². The van der Waals surface area contributed by atoms with Crippen LogP contribution in [0.15, 0.2) is 36.6 Å². The lowest BCUT2D eigenvalue weighted by Gasteiger charge is -2.25. The van der Waals surface area contributed by atoms with Gasteiger partial charge in [-0.3, -0.25) is 0 Å². The van der Waals surface area contributed by atoms with Gasteiger partial charge in [0.2, 0.25) is 0 Å². The van der Waals surface area contributed by atoms with Crippen molar-refractivity contribution in [1.29, 1.82) is 0 Å². The molecule has 1 N–H and O–H groups in total. The summed E-state index contributed by atoms with van der Waals surface area (Å²) in [5, 5.41) is 21.0.